The van der Waals surface area contributed by atoms with Gasteiger partial charge in [-0.3, -0.25) is 0 Å². The Labute approximate surface area is 174 Å². The van der Waals surface area contributed by atoms with E-state index in [1.165, 1.54) is 0 Å². The van der Waals surface area contributed by atoms with Crippen molar-refractivity contribution >= 4 is 33.8 Å². The highest BCUT2D eigenvalue weighted by Gasteiger charge is 2.23. The average molecular weight is 403 g/mol. The molecule has 0 spiro atoms. The summed E-state index contributed by atoms with van der Waals surface area (Å²) in [4.78, 5) is 17.9. The summed E-state index contributed by atoms with van der Waals surface area (Å²) in [5, 5.41) is 13.2. The molecule has 1 fully saturated rings. The summed E-state index contributed by atoms with van der Waals surface area (Å²) in [5.41, 5.74) is 2.60. The summed E-state index contributed by atoms with van der Waals surface area (Å²) in [5.74, 6) is 1.62. The number of nitrogens with one attached hydrogen (secondary N) is 2. The van der Waals surface area contributed by atoms with Gasteiger partial charge in [0.2, 0.25) is 11.9 Å². The first kappa shape index (κ1) is 18.7. The van der Waals surface area contributed by atoms with Gasteiger partial charge in [-0.1, -0.05) is 19.0 Å². The zero-order valence-electron chi connectivity index (χ0n) is 17.2. The van der Waals surface area contributed by atoms with Crippen LogP contribution in [0.3, 0.4) is 0 Å². The van der Waals surface area contributed by atoms with Crippen LogP contribution >= 0.6 is 0 Å². The van der Waals surface area contributed by atoms with Gasteiger partial charge in [-0.25, -0.2) is 19.9 Å². The number of nitrogens with zero attached hydrogens (tertiary/aromatic N) is 5. The van der Waals surface area contributed by atoms with Crippen molar-refractivity contribution in [1.82, 2.24) is 25.1 Å². The van der Waals surface area contributed by atoms with Crippen molar-refractivity contribution in [2.24, 2.45) is 0 Å². The first-order valence-corrected chi connectivity index (χ1v) is 10.5. The van der Waals surface area contributed by atoms with E-state index in [1.54, 1.807) is 12.4 Å². The second kappa shape index (κ2) is 7.85. The minimum atomic E-state index is 0.264. The van der Waals surface area contributed by atoms with E-state index in [9.17, 15) is 0 Å². The molecule has 8 nitrogen and oxygen atoms in total. The van der Waals surface area contributed by atoms with E-state index in [4.69, 9.17) is 9.51 Å². The number of fused-ring (bicyclic) bond motifs is 3. The third-order valence-electron chi connectivity index (χ3n) is 5.72. The maximum absolute atomic E-state index is 5.52. The zero-order valence-corrected chi connectivity index (χ0v) is 17.2. The molecule has 1 saturated carbocycles. The monoisotopic (exact) mass is 403 g/mol. The first-order valence-electron chi connectivity index (χ1n) is 10.5. The maximum atomic E-state index is 5.52. The summed E-state index contributed by atoms with van der Waals surface area (Å²) in [6.45, 7) is 4.23. The molecule has 0 bridgehead atoms. The molecule has 154 valence electrons. The van der Waals surface area contributed by atoms with E-state index in [0.29, 0.717) is 24.0 Å². The molecule has 4 aromatic rings. The van der Waals surface area contributed by atoms with Crippen LogP contribution in [0.2, 0.25) is 0 Å². The number of hydrogen-bond donors (Lipinski definition) is 2. The van der Waals surface area contributed by atoms with Gasteiger partial charge in [-0.05, 0) is 49.8 Å². The molecule has 0 aliphatic heterocycles. The highest BCUT2D eigenvalue weighted by Crippen LogP contribution is 2.31. The molecule has 8 heteroatoms. The Morgan fingerprint density at radius 2 is 1.63 bits per heavy atom. The SMILES string of the molecule is CC(C)c1noc2ccc3cnc(NC4CCC(Nc5ncccn5)CC4)nc3c12. The Kier molecular flexibility index (Phi) is 4.90. The number of benzene rings is 1. The lowest BCUT2D eigenvalue weighted by molar-refractivity contribution is 0.426. The number of rotatable bonds is 5. The Hall–Kier alpha value is -3.29. The van der Waals surface area contributed by atoms with Gasteiger partial charge in [0.05, 0.1) is 16.6 Å². The predicted molar refractivity (Wildman–Crippen MR) is 117 cm³/mol. The van der Waals surface area contributed by atoms with Crippen molar-refractivity contribution in [1.29, 1.82) is 0 Å². The minimum absolute atomic E-state index is 0.264. The molecule has 0 amide bonds. The molecule has 2 N–H and O–H groups in total. The normalized spacial score (nSPS) is 19.4. The van der Waals surface area contributed by atoms with E-state index in [1.807, 2.05) is 24.4 Å². The molecular formula is C22H25N7O. The second-order valence-corrected chi connectivity index (χ2v) is 8.20. The van der Waals surface area contributed by atoms with Crippen molar-refractivity contribution in [3.63, 3.8) is 0 Å². The van der Waals surface area contributed by atoms with Gasteiger partial charge in [0.15, 0.2) is 5.58 Å². The van der Waals surface area contributed by atoms with E-state index in [-0.39, 0.29) is 5.92 Å². The first-order chi connectivity index (χ1) is 14.7. The molecule has 1 aromatic carbocycles. The third-order valence-corrected chi connectivity index (χ3v) is 5.72. The van der Waals surface area contributed by atoms with Gasteiger partial charge in [-0.2, -0.15) is 0 Å². The summed E-state index contributed by atoms with van der Waals surface area (Å²) < 4.78 is 5.52. The van der Waals surface area contributed by atoms with Gasteiger partial charge in [0, 0.05) is 36.1 Å². The van der Waals surface area contributed by atoms with Gasteiger partial charge in [0.25, 0.3) is 0 Å². The average Bonchev–Trinajstić information content (AvgIpc) is 3.21. The predicted octanol–water partition coefficient (Wildman–Crippen LogP) is 4.52. The van der Waals surface area contributed by atoms with Gasteiger partial charge in [-0.15, -0.1) is 0 Å². The third kappa shape index (κ3) is 3.65. The molecule has 30 heavy (non-hydrogen) atoms. The fourth-order valence-corrected chi connectivity index (χ4v) is 4.13. The number of aromatic nitrogens is 5. The Balaban J connectivity index is 1.31. The van der Waals surface area contributed by atoms with Crippen molar-refractivity contribution in [2.45, 2.75) is 57.5 Å². The van der Waals surface area contributed by atoms with Crippen LogP contribution in [0.25, 0.3) is 21.9 Å². The molecule has 3 heterocycles. The Morgan fingerprint density at radius 3 is 2.33 bits per heavy atom. The van der Waals surface area contributed by atoms with Crippen molar-refractivity contribution in [3.05, 3.63) is 42.5 Å². The second-order valence-electron chi connectivity index (χ2n) is 8.20. The largest absolute Gasteiger partial charge is 0.356 e. The summed E-state index contributed by atoms with van der Waals surface area (Å²) in [6.07, 6.45) is 9.59. The van der Waals surface area contributed by atoms with E-state index >= 15 is 0 Å². The molecule has 0 saturated heterocycles. The van der Waals surface area contributed by atoms with E-state index < -0.39 is 0 Å². The van der Waals surface area contributed by atoms with Crippen molar-refractivity contribution < 1.29 is 4.52 Å². The van der Waals surface area contributed by atoms with Crippen LogP contribution in [-0.4, -0.2) is 37.2 Å². The lowest BCUT2D eigenvalue weighted by Crippen LogP contribution is -2.33. The molecule has 1 aliphatic carbocycles. The van der Waals surface area contributed by atoms with Crippen LogP contribution in [0.15, 0.2) is 41.3 Å². The molecule has 3 aromatic heterocycles. The summed E-state index contributed by atoms with van der Waals surface area (Å²) in [7, 11) is 0. The standard InChI is InChI=1S/C22H25N7O/c1-13(2)19-18-17(30-29-19)9-4-14-12-25-22(28-20(14)18)27-16-7-5-15(6-8-16)26-21-23-10-3-11-24-21/h3-4,9-13,15-16H,5-8H2,1-2H3,(H,23,24,26)(H,25,27,28). The summed E-state index contributed by atoms with van der Waals surface area (Å²) >= 11 is 0. The van der Waals surface area contributed by atoms with Crippen LogP contribution in [0, 0.1) is 0 Å². The van der Waals surface area contributed by atoms with Crippen molar-refractivity contribution in [2.75, 3.05) is 10.6 Å². The number of hydrogen-bond acceptors (Lipinski definition) is 8. The molecule has 0 unspecified atom stereocenters. The van der Waals surface area contributed by atoms with E-state index in [2.05, 4.69) is 44.6 Å². The zero-order chi connectivity index (χ0) is 20.5. The lowest BCUT2D eigenvalue weighted by Gasteiger charge is -2.29. The summed E-state index contributed by atoms with van der Waals surface area (Å²) in [6, 6.07) is 6.50. The molecule has 1 aliphatic rings. The van der Waals surface area contributed by atoms with E-state index in [0.717, 1.165) is 53.2 Å². The van der Waals surface area contributed by atoms with Gasteiger partial charge < -0.3 is 15.2 Å². The molecule has 0 radical (unpaired) electrons. The highest BCUT2D eigenvalue weighted by atomic mass is 16.5. The Bertz CT molecular complexity index is 1150. The maximum Gasteiger partial charge on any atom is 0.223 e. The fourth-order valence-electron chi connectivity index (χ4n) is 4.13. The number of anilines is 2. The smallest absolute Gasteiger partial charge is 0.223 e. The molecular weight excluding hydrogens is 378 g/mol. The Morgan fingerprint density at radius 1 is 0.933 bits per heavy atom. The minimum Gasteiger partial charge on any atom is -0.356 e. The highest BCUT2D eigenvalue weighted by molar-refractivity contribution is 6.04. The fraction of sp³-hybridized carbons (Fsp3) is 0.409. The topological polar surface area (TPSA) is 102 Å². The van der Waals surface area contributed by atoms with Crippen LogP contribution in [0.1, 0.15) is 51.1 Å². The van der Waals surface area contributed by atoms with Gasteiger partial charge in [0.1, 0.15) is 0 Å². The van der Waals surface area contributed by atoms with Crippen LogP contribution in [-0.2, 0) is 0 Å². The lowest BCUT2D eigenvalue weighted by atomic mass is 9.91. The van der Waals surface area contributed by atoms with Crippen LogP contribution < -0.4 is 10.6 Å². The van der Waals surface area contributed by atoms with Crippen molar-refractivity contribution in [3.8, 4) is 0 Å². The van der Waals surface area contributed by atoms with Gasteiger partial charge >= 0.3 is 0 Å². The quantitative estimate of drug-likeness (QED) is 0.501. The van der Waals surface area contributed by atoms with Crippen LogP contribution in [0.5, 0.6) is 0 Å². The van der Waals surface area contributed by atoms with Crippen LogP contribution in [0.4, 0.5) is 11.9 Å². The molecule has 5 rings (SSSR count). The molecule has 0 atom stereocenters.